The van der Waals surface area contributed by atoms with Gasteiger partial charge in [-0.1, -0.05) is 25.1 Å². The monoisotopic (exact) mass is 590 g/mol. The van der Waals surface area contributed by atoms with Gasteiger partial charge in [0.15, 0.2) is 9.84 Å². The Labute approximate surface area is 248 Å². The highest BCUT2D eigenvalue weighted by Gasteiger charge is 2.25. The SMILES string of the molecule is CCCOc1cccc(Oc2ccc3c(c2)C=C(C(=O)Nc2ccc(CN(C)C4CCOCC4)cc2)CCS3(=O)=O)c1. The summed E-state index contributed by atoms with van der Waals surface area (Å²) in [6.07, 6.45) is 4.73. The molecule has 0 aromatic heterocycles. The third-order valence-electron chi connectivity index (χ3n) is 7.55. The normalized spacial score (nSPS) is 16.7. The Morgan fingerprint density at radius 2 is 1.74 bits per heavy atom. The van der Waals surface area contributed by atoms with Crippen molar-refractivity contribution in [3.05, 3.63) is 83.4 Å². The molecule has 3 aromatic carbocycles. The summed E-state index contributed by atoms with van der Waals surface area (Å²) in [6.45, 7) is 5.07. The number of sulfone groups is 1. The Hall–Kier alpha value is -3.66. The highest BCUT2D eigenvalue weighted by atomic mass is 32.2. The van der Waals surface area contributed by atoms with Gasteiger partial charge in [0.1, 0.15) is 17.2 Å². The van der Waals surface area contributed by atoms with E-state index in [0.29, 0.717) is 46.7 Å². The van der Waals surface area contributed by atoms with Crippen LogP contribution >= 0.6 is 0 Å². The molecule has 0 bridgehead atoms. The molecule has 0 saturated carbocycles. The molecule has 9 heteroatoms. The fraction of sp³-hybridized carbons (Fsp3) is 0.364. The van der Waals surface area contributed by atoms with E-state index in [1.54, 1.807) is 30.3 Å². The van der Waals surface area contributed by atoms with Crippen LogP contribution in [0.4, 0.5) is 5.69 Å². The topological polar surface area (TPSA) is 94.2 Å². The summed E-state index contributed by atoms with van der Waals surface area (Å²) >= 11 is 0. The molecule has 0 atom stereocenters. The summed E-state index contributed by atoms with van der Waals surface area (Å²) < 4.78 is 43.3. The summed E-state index contributed by atoms with van der Waals surface area (Å²) in [5, 5.41) is 2.94. The molecule has 0 spiro atoms. The maximum atomic E-state index is 13.3. The predicted octanol–water partition coefficient (Wildman–Crippen LogP) is 6.08. The largest absolute Gasteiger partial charge is 0.493 e. The second-order valence-corrected chi connectivity index (χ2v) is 12.9. The van der Waals surface area contributed by atoms with Crippen LogP contribution in [0.15, 0.2) is 77.2 Å². The molecule has 0 unspecified atom stereocenters. The van der Waals surface area contributed by atoms with Gasteiger partial charge in [-0.05, 0) is 92.4 Å². The first kappa shape index (κ1) is 29.8. The first-order chi connectivity index (χ1) is 20.3. The lowest BCUT2D eigenvalue weighted by Crippen LogP contribution is -2.36. The standard InChI is InChI=1S/C33H38N2O6S/c1-3-16-40-29-5-4-6-30(22-29)41-31-11-12-32-26(21-31)20-25(15-19-42(32,37)38)33(36)34-27-9-7-24(8-10-27)23-35(2)28-13-17-39-18-14-28/h4-12,20-22,28H,3,13-19,23H2,1-2H3,(H,34,36). The quantitative estimate of drug-likeness (QED) is 0.306. The van der Waals surface area contributed by atoms with Crippen molar-refractivity contribution in [3.8, 4) is 17.2 Å². The average molecular weight is 591 g/mol. The van der Waals surface area contributed by atoms with Crippen molar-refractivity contribution in [2.75, 3.05) is 37.9 Å². The Morgan fingerprint density at radius 3 is 2.50 bits per heavy atom. The zero-order chi connectivity index (χ0) is 29.5. The maximum absolute atomic E-state index is 13.3. The van der Waals surface area contributed by atoms with Gasteiger partial charge < -0.3 is 19.5 Å². The smallest absolute Gasteiger partial charge is 0.251 e. The molecule has 1 amide bonds. The van der Waals surface area contributed by atoms with Crippen LogP contribution in [-0.4, -0.2) is 57.9 Å². The van der Waals surface area contributed by atoms with Crippen LogP contribution in [0.3, 0.4) is 0 Å². The first-order valence-electron chi connectivity index (χ1n) is 14.5. The molecule has 0 radical (unpaired) electrons. The summed E-state index contributed by atoms with van der Waals surface area (Å²) in [4.78, 5) is 15.8. The molecular weight excluding hydrogens is 552 g/mol. The number of nitrogens with zero attached hydrogens (tertiary/aromatic N) is 1. The first-order valence-corrected chi connectivity index (χ1v) is 16.1. The van der Waals surface area contributed by atoms with E-state index in [2.05, 4.69) is 17.3 Å². The number of rotatable bonds is 10. The molecule has 2 heterocycles. The summed E-state index contributed by atoms with van der Waals surface area (Å²) in [7, 11) is -1.44. The molecule has 42 heavy (non-hydrogen) atoms. The van der Waals surface area contributed by atoms with Crippen molar-refractivity contribution in [1.29, 1.82) is 0 Å². The third-order valence-corrected chi connectivity index (χ3v) is 9.33. The number of ether oxygens (including phenoxy) is 3. The molecule has 1 N–H and O–H groups in total. The highest BCUT2D eigenvalue weighted by Crippen LogP contribution is 2.32. The van der Waals surface area contributed by atoms with Gasteiger partial charge in [0.25, 0.3) is 5.91 Å². The van der Waals surface area contributed by atoms with E-state index in [1.807, 2.05) is 49.4 Å². The molecule has 8 nitrogen and oxygen atoms in total. The van der Waals surface area contributed by atoms with Crippen molar-refractivity contribution in [1.82, 2.24) is 4.90 Å². The van der Waals surface area contributed by atoms with E-state index < -0.39 is 9.84 Å². The van der Waals surface area contributed by atoms with E-state index in [4.69, 9.17) is 14.2 Å². The van der Waals surface area contributed by atoms with E-state index in [-0.39, 0.29) is 23.0 Å². The van der Waals surface area contributed by atoms with Gasteiger partial charge in [0.05, 0.1) is 17.3 Å². The molecule has 1 fully saturated rings. The number of hydrogen-bond donors (Lipinski definition) is 1. The number of benzene rings is 3. The van der Waals surface area contributed by atoms with Crippen LogP contribution in [0.1, 0.15) is 43.7 Å². The predicted molar refractivity (Wildman–Crippen MR) is 164 cm³/mol. The van der Waals surface area contributed by atoms with E-state index in [9.17, 15) is 13.2 Å². The molecule has 1 saturated heterocycles. The number of carbonyl (C=O) groups is 1. The van der Waals surface area contributed by atoms with Crippen molar-refractivity contribution in [2.45, 2.75) is 50.1 Å². The zero-order valence-corrected chi connectivity index (χ0v) is 25.0. The minimum absolute atomic E-state index is 0.115. The van der Waals surface area contributed by atoms with Gasteiger partial charge in [-0.25, -0.2) is 8.42 Å². The van der Waals surface area contributed by atoms with Crippen LogP contribution in [0, 0.1) is 0 Å². The number of anilines is 1. The van der Waals surface area contributed by atoms with Gasteiger partial charge in [-0.3, -0.25) is 9.69 Å². The minimum atomic E-state index is -3.57. The Balaban J connectivity index is 1.29. The number of amides is 1. The summed E-state index contributed by atoms with van der Waals surface area (Å²) in [6, 6.07) is 20.5. The van der Waals surface area contributed by atoms with Gasteiger partial charge in [0, 0.05) is 43.1 Å². The van der Waals surface area contributed by atoms with Crippen LogP contribution in [0.25, 0.3) is 6.08 Å². The average Bonchev–Trinajstić information content (AvgIpc) is 3.13. The lowest BCUT2D eigenvalue weighted by Gasteiger charge is -2.31. The fourth-order valence-corrected chi connectivity index (χ4v) is 6.67. The van der Waals surface area contributed by atoms with Gasteiger partial charge in [-0.2, -0.15) is 0 Å². The lowest BCUT2D eigenvalue weighted by atomic mass is 10.1. The second kappa shape index (κ2) is 13.5. The van der Waals surface area contributed by atoms with Crippen molar-refractivity contribution in [3.63, 3.8) is 0 Å². The lowest BCUT2D eigenvalue weighted by molar-refractivity contribution is -0.112. The zero-order valence-electron chi connectivity index (χ0n) is 24.2. The van der Waals surface area contributed by atoms with Crippen LogP contribution < -0.4 is 14.8 Å². The van der Waals surface area contributed by atoms with Crippen LogP contribution in [0.2, 0.25) is 0 Å². The van der Waals surface area contributed by atoms with Crippen LogP contribution in [-0.2, 0) is 25.9 Å². The molecule has 3 aromatic rings. The van der Waals surface area contributed by atoms with Crippen molar-refractivity contribution in [2.24, 2.45) is 0 Å². The van der Waals surface area contributed by atoms with E-state index in [1.165, 1.54) is 0 Å². The fourth-order valence-electron chi connectivity index (χ4n) is 5.21. The number of fused-ring (bicyclic) bond motifs is 1. The minimum Gasteiger partial charge on any atom is -0.493 e. The molecule has 2 aliphatic rings. The molecular formula is C33H38N2O6S. The van der Waals surface area contributed by atoms with Crippen molar-refractivity contribution >= 4 is 27.5 Å². The Kier molecular flexibility index (Phi) is 9.62. The number of hydrogen-bond acceptors (Lipinski definition) is 7. The molecule has 2 aliphatic heterocycles. The number of carbonyl (C=O) groups excluding carboxylic acids is 1. The van der Waals surface area contributed by atoms with Gasteiger partial charge >= 0.3 is 0 Å². The van der Waals surface area contributed by atoms with Crippen molar-refractivity contribution < 1.29 is 27.4 Å². The molecule has 222 valence electrons. The third kappa shape index (κ3) is 7.59. The second-order valence-electron chi connectivity index (χ2n) is 10.8. The highest BCUT2D eigenvalue weighted by molar-refractivity contribution is 7.91. The van der Waals surface area contributed by atoms with Crippen LogP contribution in [0.5, 0.6) is 17.2 Å². The summed E-state index contributed by atoms with van der Waals surface area (Å²) in [5.74, 6) is 1.27. The van der Waals surface area contributed by atoms with Gasteiger partial charge in [0.2, 0.25) is 0 Å². The van der Waals surface area contributed by atoms with Gasteiger partial charge in [-0.15, -0.1) is 0 Å². The Bertz CT molecular complexity index is 1530. The summed E-state index contributed by atoms with van der Waals surface area (Å²) in [5.41, 5.74) is 2.64. The molecule has 0 aliphatic carbocycles. The molecule has 5 rings (SSSR count). The maximum Gasteiger partial charge on any atom is 0.251 e. The van der Waals surface area contributed by atoms with E-state index >= 15 is 0 Å². The van der Waals surface area contributed by atoms with E-state index in [0.717, 1.165) is 44.6 Å². The Morgan fingerprint density at radius 1 is 1.00 bits per heavy atom. The number of nitrogens with one attached hydrogen (secondary N) is 1.